The second-order valence-electron chi connectivity index (χ2n) is 5.54. The lowest BCUT2D eigenvalue weighted by molar-refractivity contribution is -0.139. The fourth-order valence-corrected chi connectivity index (χ4v) is 2.39. The van der Waals surface area contributed by atoms with Gasteiger partial charge in [0.15, 0.2) is 0 Å². The molecule has 0 radical (unpaired) electrons. The number of amides is 1. The van der Waals surface area contributed by atoms with Crippen LogP contribution in [0.5, 0.6) is 0 Å². The Morgan fingerprint density at radius 1 is 1.45 bits per heavy atom. The van der Waals surface area contributed by atoms with Crippen molar-refractivity contribution in [3.05, 3.63) is 11.9 Å². The number of hydrogen-bond donors (Lipinski definition) is 1. The second kappa shape index (κ2) is 5.60. The highest BCUT2D eigenvalue weighted by molar-refractivity contribution is 5.78. The SMILES string of the molecule is CCN(Cc1cn(C)nn1)C(=O)CC1(CC(=O)O)CC1. The van der Waals surface area contributed by atoms with Gasteiger partial charge in [0.25, 0.3) is 0 Å². The number of carboxylic acid groups (broad SMARTS) is 1. The molecule has 2 rings (SSSR count). The van der Waals surface area contributed by atoms with Crippen molar-refractivity contribution < 1.29 is 14.7 Å². The second-order valence-corrected chi connectivity index (χ2v) is 5.54. The largest absolute Gasteiger partial charge is 0.481 e. The Bertz CT molecular complexity index is 507. The molecule has 20 heavy (non-hydrogen) atoms. The minimum atomic E-state index is -0.827. The third kappa shape index (κ3) is 3.55. The summed E-state index contributed by atoms with van der Waals surface area (Å²) in [6.07, 6.45) is 3.83. The molecule has 0 aliphatic heterocycles. The van der Waals surface area contributed by atoms with Gasteiger partial charge in [-0.1, -0.05) is 5.21 Å². The standard InChI is InChI=1S/C13H20N4O3/c1-3-17(9-10-8-16(2)15-14-10)11(18)6-13(4-5-13)7-12(19)20/h8H,3-7,9H2,1-2H3,(H,19,20). The van der Waals surface area contributed by atoms with E-state index < -0.39 is 5.97 Å². The van der Waals surface area contributed by atoms with E-state index in [-0.39, 0.29) is 17.7 Å². The molecule has 0 atom stereocenters. The molecule has 1 N–H and O–H groups in total. The van der Waals surface area contributed by atoms with Crippen LogP contribution in [0.2, 0.25) is 0 Å². The van der Waals surface area contributed by atoms with Gasteiger partial charge in [0.2, 0.25) is 5.91 Å². The molecule has 1 aliphatic rings. The number of carboxylic acids is 1. The summed E-state index contributed by atoms with van der Waals surface area (Å²) >= 11 is 0. The van der Waals surface area contributed by atoms with Crippen molar-refractivity contribution in [2.24, 2.45) is 12.5 Å². The van der Waals surface area contributed by atoms with E-state index in [0.717, 1.165) is 18.5 Å². The van der Waals surface area contributed by atoms with Crippen LogP contribution >= 0.6 is 0 Å². The van der Waals surface area contributed by atoms with Gasteiger partial charge in [0.05, 0.1) is 13.0 Å². The summed E-state index contributed by atoms with van der Waals surface area (Å²) in [5.41, 5.74) is 0.435. The first-order valence-electron chi connectivity index (χ1n) is 6.79. The van der Waals surface area contributed by atoms with Gasteiger partial charge in [-0.25, -0.2) is 0 Å². The highest BCUT2D eigenvalue weighted by Gasteiger charge is 2.46. The fourth-order valence-electron chi connectivity index (χ4n) is 2.39. The minimum Gasteiger partial charge on any atom is -0.481 e. The third-order valence-corrected chi connectivity index (χ3v) is 3.75. The predicted octanol–water partition coefficient (Wildman–Crippen LogP) is 0.809. The zero-order valence-corrected chi connectivity index (χ0v) is 11.9. The number of carbonyl (C=O) groups is 2. The molecule has 1 aromatic rings. The molecule has 110 valence electrons. The molecule has 1 heterocycles. The van der Waals surface area contributed by atoms with Crippen molar-refractivity contribution in [1.29, 1.82) is 0 Å². The topological polar surface area (TPSA) is 88.3 Å². The van der Waals surface area contributed by atoms with Gasteiger partial charge >= 0.3 is 5.97 Å². The van der Waals surface area contributed by atoms with Crippen molar-refractivity contribution >= 4 is 11.9 Å². The zero-order valence-electron chi connectivity index (χ0n) is 11.9. The Hall–Kier alpha value is -1.92. The van der Waals surface area contributed by atoms with Crippen molar-refractivity contribution in [2.45, 2.75) is 39.2 Å². The van der Waals surface area contributed by atoms with Gasteiger partial charge in [-0.15, -0.1) is 5.10 Å². The maximum Gasteiger partial charge on any atom is 0.303 e. The van der Waals surface area contributed by atoms with E-state index in [9.17, 15) is 9.59 Å². The molecule has 1 fully saturated rings. The molecular weight excluding hydrogens is 260 g/mol. The molecule has 1 amide bonds. The van der Waals surface area contributed by atoms with Crippen LogP contribution in [-0.2, 0) is 23.2 Å². The van der Waals surface area contributed by atoms with Crippen LogP contribution < -0.4 is 0 Å². The van der Waals surface area contributed by atoms with Gasteiger partial charge in [-0.2, -0.15) is 0 Å². The lowest BCUT2D eigenvalue weighted by atomic mass is 9.97. The van der Waals surface area contributed by atoms with Crippen molar-refractivity contribution in [1.82, 2.24) is 19.9 Å². The fraction of sp³-hybridized carbons (Fsp3) is 0.692. The Morgan fingerprint density at radius 2 is 2.15 bits per heavy atom. The van der Waals surface area contributed by atoms with Crippen LogP contribution in [-0.4, -0.2) is 43.4 Å². The zero-order chi connectivity index (χ0) is 14.8. The quantitative estimate of drug-likeness (QED) is 0.798. The lowest BCUT2D eigenvalue weighted by Gasteiger charge is -2.22. The molecular formula is C13H20N4O3. The number of aryl methyl sites for hydroxylation is 1. The number of rotatable bonds is 7. The Balaban J connectivity index is 1.94. The van der Waals surface area contributed by atoms with E-state index in [2.05, 4.69) is 10.3 Å². The van der Waals surface area contributed by atoms with Crippen LogP contribution in [0, 0.1) is 5.41 Å². The number of carbonyl (C=O) groups excluding carboxylic acids is 1. The molecule has 0 aromatic carbocycles. The van der Waals surface area contributed by atoms with Crippen molar-refractivity contribution in [2.75, 3.05) is 6.54 Å². The van der Waals surface area contributed by atoms with E-state index >= 15 is 0 Å². The lowest BCUT2D eigenvalue weighted by Crippen LogP contribution is -2.32. The first kappa shape index (κ1) is 14.5. The maximum atomic E-state index is 12.3. The number of aromatic nitrogens is 3. The first-order chi connectivity index (χ1) is 9.44. The summed E-state index contributed by atoms with van der Waals surface area (Å²) in [7, 11) is 1.78. The normalized spacial score (nSPS) is 15.9. The maximum absolute atomic E-state index is 12.3. The predicted molar refractivity (Wildman–Crippen MR) is 70.6 cm³/mol. The molecule has 0 bridgehead atoms. The van der Waals surface area contributed by atoms with Gasteiger partial charge in [0.1, 0.15) is 5.69 Å². The first-order valence-corrected chi connectivity index (χ1v) is 6.79. The molecule has 0 saturated heterocycles. The Kier molecular flexibility index (Phi) is 4.06. The summed E-state index contributed by atoms with van der Waals surface area (Å²) in [6.45, 7) is 2.91. The summed E-state index contributed by atoms with van der Waals surface area (Å²) in [6, 6.07) is 0. The van der Waals surface area contributed by atoms with Crippen LogP contribution in [0.3, 0.4) is 0 Å². The van der Waals surface area contributed by atoms with Crippen LogP contribution in [0.25, 0.3) is 0 Å². The molecule has 0 spiro atoms. The van der Waals surface area contributed by atoms with Crippen LogP contribution in [0.1, 0.15) is 38.3 Å². The van der Waals surface area contributed by atoms with Crippen LogP contribution in [0.4, 0.5) is 0 Å². The van der Waals surface area contributed by atoms with E-state index in [1.165, 1.54) is 0 Å². The summed E-state index contributed by atoms with van der Waals surface area (Å²) in [5.74, 6) is -0.829. The summed E-state index contributed by atoms with van der Waals surface area (Å²) in [5, 5.41) is 16.7. The van der Waals surface area contributed by atoms with Crippen molar-refractivity contribution in [3.8, 4) is 0 Å². The summed E-state index contributed by atoms with van der Waals surface area (Å²) < 4.78 is 1.60. The van der Waals surface area contributed by atoms with E-state index in [1.54, 1.807) is 22.8 Å². The highest BCUT2D eigenvalue weighted by atomic mass is 16.4. The van der Waals surface area contributed by atoms with E-state index in [4.69, 9.17) is 5.11 Å². The monoisotopic (exact) mass is 280 g/mol. The van der Waals surface area contributed by atoms with Crippen molar-refractivity contribution in [3.63, 3.8) is 0 Å². The Morgan fingerprint density at radius 3 is 2.60 bits per heavy atom. The van der Waals surface area contributed by atoms with E-state index in [0.29, 0.717) is 19.5 Å². The molecule has 1 aromatic heterocycles. The number of aliphatic carboxylic acids is 1. The van der Waals surface area contributed by atoms with Gasteiger partial charge in [-0.05, 0) is 25.2 Å². The number of nitrogens with zero attached hydrogens (tertiary/aromatic N) is 4. The molecule has 1 saturated carbocycles. The van der Waals surface area contributed by atoms with E-state index in [1.807, 2.05) is 6.92 Å². The molecule has 7 heteroatoms. The summed E-state index contributed by atoms with van der Waals surface area (Å²) in [4.78, 5) is 24.8. The van der Waals surface area contributed by atoms with Gasteiger partial charge < -0.3 is 10.0 Å². The van der Waals surface area contributed by atoms with Crippen LogP contribution in [0.15, 0.2) is 6.20 Å². The minimum absolute atomic E-state index is 0.00287. The molecule has 0 unspecified atom stereocenters. The third-order valence-electron chi connectivity index (χ3n) is 3.75. The Labute approximate surface area is 117 Å². The average molecular weight is 280 g/mol. The van der Waals surface area contributed by atoms with Gasteiger partial charge in [0, 0.05) is 26.2 Å². The smallest absolute Gasteiger partial charge is 0.303 e. The van der Waals surface area contributed by atoms with Gasteiger partial charge in [-0.3, -0.25) is 14.3 Å². The number of hydrogen-bond acceptors (Lipinski definition) is 4. The highest BCUT2D eigenvalue weighted by Crippen LogP contribution is 2.52. The molecule has 7 nitrogen and oxygen atoms in total. The average Bonchev–Trinajstić information content (AvgIpc) is 2.97. The molecule has 1 aliphatic carbocycles.